The molecule has 42 heavy (non-hydrogen) atoms. The Labute approximate surface area is 245 Å². The molecular weight excluding hydrogens is 532 g/mol. The zero-order chi connectivity index (χ0) is 29.6. The number of oxazole rings is 1. The molecule has 1 aliphatic heterocycles. The normalized spacial score (nSPS) is 17.5. The highest BCUT2D eigenvalue weighted by atomic mass is 16.6. The maximum Gasteiger partial charge on any atom is 0.410 e. The van der Waals surface area contributed by atoms with E-state index in [2.05, 4.69) is 22.4 Å². The van der Waals surface area contributed by atoms with Crippen molar-refractivity contribution in [2.24, 2.45) is 0 Å². The Balaban J connectivity index is 1.21. The third-order valence-corrected chi connectivity index (χ3v) is 7.91. The minimum Gasteiger partial charge on any atom is -0.491 e. The van der Waals surface area contributed by atoms with Crippen molar-refractivity contribution in [2.75, 3.05) is 13.2 Å². The van der Waals surface area contributed by atoms with Gasteiger partial charge in [-0.2, -0.15) is 0 Å². The van der Waals surface area contributed by atoms with Crippen LogP contribution >= 0.6 is 0 Å². The van der Waals surface area contributed by atoms with Gasteiger partial charge in [-0.25, -0.2) is 9.78 Å². The maximum atomic E-state index is 13.7. The fraction of sp³-hybridized carbons (Fsp3) is 0.394. The molecule has 0 spiro atoms. The number of nitrogens with one attached hydrogen (secondary N) is 1. The van der Waals surface area contributed by atoms with Gasteiger partial charge in [0.15, 0.2) is 0 Å². The van der Waals surface area contributed by atoms with Gasteiger partial charge in [0, 0.05) is 28.8 Å². The largest absolute Gasteiger partial charge is 0.491 e. The van der Waals surface area contributed by atoms with E-state index in [1.54, 1.807) is 23.4 Å². The average molecular weight is 569 g/mol. The molecule has 0 bridgehead atoms. The SMILES string of the molecule is Cc1ccc2c(C3(NC(=O)c4cc(OC[C@@H]5CCN5C(=O)OC(C)(C)C)ccc4C)CC3)cc(-c3ncco3)cc2n1. The Morgan fingerprint density at radius 1 is 1.12 bits per heavy atom. The van der Waals surface area contributed by atoms with Crippen molar-refractivity contribution in [2.45, 2.75) is 71.1 Å². The van der Waals surface area contributed by atoms with Gasteiger partial charge in [-0.15, -0.1) is 0 Å². The number of likely N-dealkylation sites (tertiary alicyclic amines) is 1. The minimum atomic E-state index is -0.547. The summed E-state index contributed by atoms with van der Waals surface area (Å²) in [5, 5.41) is 4.33. The molecule has 4 aromatic rings. The second-order valence-electron chi connectivity index (χ2n) is 12.3. The lowest BCUT2D eigenvalue weighted by Gasteiger charge is -2.41. The van der Waals surface area contributed by atoms with Crippen molar-refractivity contribution in [3.63, 3.8) is 0 Å². The van der Waals surface area contributed by atoms with E-state index in [1.807, 2.05) is 58.9 Å². The predicted octanol–water partition coefficient (Wildman–Crippen LogP) is 6.31. The van der Waals surface area contributed by atoms with E-state index in [1.165, 1.54) is 0 Å². The van der Waals surface area contributed by atoms with Gasteiger partial charge in [-0.3, -0.25) is 9.78 Å². The average Bonchev–Trinajstić information content (AvgIpc) is 3.46. The standard InChI is InChI=1S/C33H36N4O5/c1-20-6-8-24(41-19-23-10-14-37(23)31(39)42-32(3,4)5)18-26(20)29(38)36-33(11-12-33)27-16-22(30-34-13-15-40-30)17-28-25(27)9-7-21(2)35-28/h6-9,13,15-18,23H,10-12,14,19H2,1-5H3,(H,36,38)/t23-/m0/s1. The van der Waals surface area contributed by atoms with Crippen LogP contribution in [0.4, 0.5) is 4.79 Å². The summed E-state index contributed by atoms with van der Waals surface area (Å²) in [5.41, 5.74) is 3.92. The Kier molecular flexibility index (Phi) is 6.91. The van der Waals surface area contributed by atoms with E-state index in [4.69, 9.17) is 18.9 Å². The van der Waals surface area contributed by atoms with E-state index in [9.17, 15) is 9.59 Å². The number of carbonyl (C=O) groups excluding carboxylic acids is 2. The van der Waals surface area contributed by atoms with Gasteiger partial charge < -0.3 is 24.1 Å². The van der Waals surface area contributed by atoms with Crippen LogP contribution in [-0.2, 0) is 10.3 Å². The van der Waals surface area contributed by atoms with Crippen LogP contribution in [0.2, 0.25) is 0 Å². The number of fused-ring (bicyclic) bond motifs is 1. The van der Waals surface area contributed by atoms with Gasteiger partial charge in [-0.1, -0.05) is 12.1 Å². The quantitative estimate of drug-likeness (QED) is 0.278. The molecule has 1 saturated heterocycles. The van der Waals surface area contributed by atoms with E-state index in [0.29, 0.717) is 30.4 Å². The molecule has 0 unspecified atom stereocenters. The molecule has 9 nitrogen and oxygen atoms in total. The number of ether oxygens (including phenoxy) is 2. The molecule has 6 rings (SSSR count). The number of hydrogen-bond donors (Lipinski definition) is 1. The first-order chi connectivity index (χ1) is 20.0. The Morgan fingerprint density at radius 3 is 2.60 bits per heavy atom. The van der Waals surface area contributed by atoms with Crippen molar-refractivity contribution in [1.82, 2.24) is 20.2 Å². The highest BCUT2D eigenvalue weighted by Crippen LogP contribution is 2.49. The number of benzene rings is 2. The molecule has 2 aromatic carbocycles. The van der Waals surface area contributed by atoms with E-state index >= 15 is 0 Å². The zero-order valence-electron chi connectivity index (χ0n) is 24.7. The van der Waals surface area contributed by atoms with Crippen LogP contribution in [-0.4, -0.2) is 51.7 Å². The van der Waals surface area contributed by atoms with E-state index in [0.717, 1.165) is 52.5 Å². The van der Waals surface area contributed by atoms with Crippen LogP contribution in [0.1, 0.15) is 67.2 Å². The van der Waals surface area contributed by atoms with Gasteiger partial charge in [0.1, 0.15) is 24.2 Å². The summed E-state index contributed by atoms with van der Waals surface area (Å²) in [6, 6.07) is 13.6. The third-order valence-electron chi connectivity index (χ3n) is 7.91. The monoisotopic (exact) mass is 568 g/mol. The van der Waals surface area contributed by atoms with Gasteiger partial charge in [0.2, 0.25) is 5.89 Å². The Bertz CT molecular complexity index is 1650. The van der Waals surface area contributed by atoms with Crippen molar-refractivity contribution < 1.29 is 23.5 Å². The molecule has 2 aromatic heterocycles. The van der Waals surface area contributed by atoms with Crippen LogP contribution in [0, 0.1) is 13.8 Å². The van der Waals surface area contributed by atoms with Crippen LogP contribution in [0.3, 0.4) is 0 Å². The van der Waals surface area contributed by atoms with E-state index in [-0.39, 0.29) is 18.0 Å². The first-order valence-electron chi connectivity index (χ1n) is 14.4. The molecular formula is C33H36N4O5. The van der Waals surface area contributed by atoms with Crippen molar-refractivity contribution in [1.29, 1.82) is 0 Å². The molecule has 2 fully saturated rings. The first kappa shape index (κ1) is 27.8. The summed E-state index contributed by atoms with van der Waals surface area (Å²) in [6.45, 7) is 10.4. The number of carbonyl (C=O) groups is 2. The van der Waals surface area contributed by atoms with Crippen LogP contribution in [0.25, 0.3) is 22.4 Å². The lowest BCUT2D eigenvalue weighted by molar-refractivity contribution is -0.0141. The fourth-order valence-electron chi connectivity index (χ4n) is 5.40. The lowest BCUT2D eigenvalue weighted by atomic mass is 9.95. The third kappa shape index (κ3) is 5.55. The molecule has 1 N–H and O–H groups in total. The van der Waals surface area contributed by atoms with Crippen molar-refractivity contribution >= 4 is 22.9 Å². The van der Waals surface area contributed by atoms with Gasteiger partial charge in [0.25, 0.3) is 5.91 Å². The molecule has 3 heterocycles. The van der Waals surface area contributed by atoms with Crippen molar-refractivity contribution in [3.05, 3.63) is 77.3 Å². The summed E-state index contributed by atoms with van der Waals surface area (Å²) in [4.78, 5) is 37.0. The van der Waals surface area contributed by atoms with Gasteiger partial charge in [-0.05, 0) is 95.3 Å². The Hall–Kier alpha value is -4.40. The second-order valence-corrected chi connectivity index (χ2v) is 12.3. The number of hydrogen-bond acceptors (Lipinski definition) is 7. The number of amides is 2. The number of rotatable bonds is 7. The summed E-state index contributed by atoms with van der Waals surface area (Å²) in [6.07, 6.45) is 5.31. The van der Waals surface area contributed by atoms with Crippen LogP contribution < -0.4 is 10.1 Å². The first-order valence-corrected chi connectivity index (χ1v) is 14.4. The molecule has 2 amide bonds. The maximum absolute atomic E-state index is 13.7. The fourth-order valence-corrected chi connectivity index (χ4v) is 5.40. The molecule has 1 saturated carbocycles. The smallest absolute Gasteiger partial charge is 0.410 e. The lowest BCUT2D eigenvalue weighted by Crippen LogP contribution is -2.55. The summed E-state index contributed by atoms with van der Waals surface area (Å²) >= 11 is 0. The molecule has 1 atom stereocenters. The highest BCUT2D eigenvalue weighted by molar-refractivity contribution is 5.98. The predicted molar refractivity (Wildman–Crippen MR) is 158 cm³/mol. The van der Waals surface area contributed by atoms with Crippen molar-refractivity contribution in [3.8, 4) is 17.2 Å². The van der Waals surface area contributed by atoms with Gasteiger partial charge >= 0.3 is 6.09 Å². The molecule has 9 heteroatoms. The van der Waals surface area contributed by atoms with Gasteiger partial charge in [0.05, 0.1) is 23.3 Å². The molecule has 218 valence electrons. The summed E-state index contributed by atoms with van der Waals surface area (Å²) in [7, 11) is 0. The number of aromatic nitrogens is 2. The summed E-state index contributed by atoms with van der Waals surface area (Å²) in [5.74, 6) is 0.938. The number of pyridine rings is 1. The number of nitrogens with zero attached hydrogens (tertiary/aromatic N) is 3. The number of aryl methyl sites for hydroxylation is 2. The van der Waals surface area contributed by atoms with E-state index < -0.39 is 11.1 Å². The highest BCUT2D eigenvalue weighted by Gasteiger charge is 2.47. The molecule has 1 aliphatic carbocycles. The zero-order valence-corrected chi connectivity index (χ0v) is 24.7. The summed E-state index contributed by atoms with van der Waals surface area (Å²) < 4.78 is 17.2. The topological polar surface area (TPSA) is 107 Å². The molecule has 2 aliphatic rings. The van der Waals surface area contributed by atoms with Crippen LogP contribution in [0.15, 0.2) is 59.3 Å². The van der Waals surface area contributed by atoms with Crippen LogP contribution in [0.5, 0.6) is 5.75 Å². The minimum absolute atomic E-state index is 0.0605. The second kappa shape index (κ2) is 10.5. The Morgan fingerprint density at radius 2 is 1.93 bits per heavy atom. The molecule has 0 radical (unpaired) electrons.